The van der Waals surface area contributed by atoms with E-state index < -0.39 is 10.2 Å². The van der Waals surface area contributed by atoms with Crippen LogP contribution in [0.1, 0.15) is 28.3 Å². The van der Waals surface area contributed by atoms with Crippen LogP contribution in [0.3, 0.4) is 0 Å². The lowest BCUT2D eigenvalue weighted by atomic mass is 10.1. The van der Waals surface area contributed by atoms with Gasteiger partial charge >= 0.3 is 0 Å². The molecule has 0 aliphatic carbocycles. The van der Waals surface area contributed by atoms with Gasteiger partial charge in [0, 0.05) is 21.5 Å². The average molecular weight is 325 g/mol. The van der Waals surface area contributed by atoms with Crippen LogP contribution in [0.2, 0.25) is 0 Å². The van der Waals surface area contributed by atoms with Gasteiger partial charge in [-0.3, -0.25) is 4.72 Å². The van der Waals surface area contributed by atoms with E-state index in [1.807, 2.05) is 6.07 Å². The highest BCUT2D eigenvalue weighted by molar-refractivity contribution is 7.90. The Labute approximate surface area is 129 Å². The molecule has 1 heterocycles. The Morgan fingerprint density at radius 3 is 2.43 bits per heavy atom. The monoisotopic (exact) mass is 325 g/mol. The van der Waals surface area contributed by atoms with Gasteiger partial charge in [0.05, 0.1) is 5.69 Å². The van der Waals surface area contributed by atoms with Gasteiger partial charge in [-0.1, -0.05) is 6.07 Å². The van der Waals surface area contributed by atoms with Crippen LogP contribution < -0.4 is 15.2 Å². The highest BCUT2D eigenvalue weighted by atomic mass is 32.2. The highest BCUT2D eigenvalue weighted by Crippen LogP contribution is 2.29. The summed E-state index contributed by atoms with van der Waals surface area (Å²) in [5.41, 5.74) is 2.52. The van der Waals surface area contributed by atoms with Crippen molar-refractivity contribution in [1.29, 1.82) is 0 Å². The van der Waals surface area contributed by atoms with E-state index in [1.165, 1.54) is 15.3 Å². The summed E-state index contributed by atoms with van der Waals surface area (Å²) in [6.07, 6.45) is 0. The van der Waals surface area contributed by atoms with Crippen molar-refractivity contribution in [2.75, 3.05) is 10.0 Å². The largest absolute Gasteiger partial charge is 0.378 e. The van der Waals surface area contributed by atoms with E-state index >= 15 is 0 Å². The minimum absolute atomic E-state index is 0.139. The molecule has 0 aliphatic heterocycles. The van der Waals surface area contributed by atoms with Crippen LogP contribution in [-0.4, -0.2) is 8.42 Å². The van der Waals surface area contributed by atoms with E-state index in [4.69, 9.17) is 5.14 Å². The Hall–Kier alpha value is -1.57. The molecule has 0 radical (unpaired) electrons. The molecule has 0 fully saturated rings. The Bertz CT molecular complexity index is 738. The van der Waals surface area contributed by atoms with Crippen molar-refractivity contribution < 1.29 is 8.42 Å². The Balaban J connectivity index is 2.16. The first kappa shape index (κ1) is 15.8. The van der Waals surface area contributed by atoms with Crippen molar-refractivity contribution in [1.82, 2.24) is 0 Å². The van der Waals surface area contributed by atoms with Gasteiger partial charge in [0.25, 0.3) is 10.2 Å². The molecule has 0 spiro atoms. The number of rotatable bonds is 5. The van der Waals surface area contributed by atoms with Crippen molar-refractivity contribution in [2.24, 2.45) is 5.14 Å². The predicted octanol–water partition coefficient (Wildman–Crippen LogP) is 3.15. The van der Waals surface area contributed by atoms with Gasteiger partial charge in [-0.25, -0.2) is 5.14 Å². The summed E-state index contributed by atoms with van der Waals surface area (Å²) in [5.74, 6) is 0. The molecule has 2 aromatic rings. The predicted molar refractivity (Wildman–Crippen MR) is 89.0 cm³/mol. The molecular weight excluding hydrogens is 306 g/mol. The van der Waals surface area contributed by atoms with Crippen LogP contribution in [-0.2, 0) is 10.2 Å². The SMILES string of the molecule is Cc1cc(C(C)Nc2cccc(NS(N)(=O)=O)c2)c(C)s1. The lowest BCUT2D eigenvalue weighted by molar-refractivity contribution is 0.603. The second kappa shape index (κ2) is 6.05. The summed E-state index contributed by atoms with van der Waals surface area (Å²) in [4.78, 5) is 2.56. The van der Waals surface area contributed by atoms with Crippen LogP contribution in [0.5, 0.6) is 0 Å². The van der Waals surface area contributed by atoms with Gasteiger partial charge in [0.15, 0.2) is 0 Å². The topological polar surface area (TPSA) is 84.2 Å². The fourth-order valence-electron chi connectivity index (χ4n) is 2.24. The van der Waals surface area contributed by atoms with Crippen LogP contribution >= 0.6 is 11.3 Å². The van der Waals surface area contributed by atoms with Crippen LogP contribution in [0.25, 0.3) is 0 Å². The summed E-state index contributed by atoms with van der Waals surface area (Å²) < 4.78 is 24.4. The maximum absolute atomic E-state index is 11.1. The first-order valence-electron chi connectivity index (χ1n) is 6.48. The third kappa shape index (κ3) is 4.45. The maximum Gasteiger partial charge on any atom is 0.296 e. The zero-order valence-electron chi connectivity index (χ0n) is 12.2. The number of benzene rings is 1. The van der Waals surface area contributed by atoms with Gasteiger partial charge in [-0.2, -0.15) is 8.42 Å². The van der Waals surface area contributed by atoms with Crippen molar-refractivity contribution >= 4 is 32.9 Å². The molecule has 1 unspecified atom stereocenters. The number of aryl methyl sites for hydroxylation is 2. The molecule has 5 nitrogen and oxygen atoms in total. The molecule has 4 N–H and O–H groups in total. The molecule has 1 atom stereocenters. The third-order valence-corrected chi connectivity index (χ3v) is 4.55. The molecule has 0 saturated heterocycles. The van der Waals surface area contributed by atoms with E-state index in [-0.39, 0.29) is 6.04 Å². The Morgan fingerprint density at radius 2 is 1.86 bits per heavy atom. The summed E-state index contributed by atoms with van der Waals surface area (Å²) in [5, 5.41) is 8.34. The summed E-state index contributed by atoms with van der Waals surface area (Å²) in [6.45, 7) is 6.27. The standard InChI is InChI=1S/C14H19N3O2S2/c1-9-7-14(11(3)20-9)10(2)16-12-5-4-6-13(8-12)17-21(15,18)19/h4-8,10,16-17H,1-3H3,(H2,15,18,19). The number of hydrogen-bond acceptors (Lipinski definition) is 4. The van der Waals surface area contributed by atoms with E-state index in [0.717, 1.165) is 5.69 Å². The van der Waals surface area contributed by atoms with Crippen molar-refractivity contribution in [3.8, 4) is 0 Å². The van der Waals surface area contributed by atoms with Crippen molar-refractivity contribution in [3.05, 3.63) is 45.6 Å². The summed E-state index contributed by atoms with van der Waals surface area (Å²) >= 11 is 1.77. The second-order valence-electron chi connectivity index (χ2n) is 4.96. The number of thiophene rings is 1. The maximum atomic E-state index is 11.1. The van der Waals surface area contributed by atoms with E-state index in [2.05, 4.69) is 36.9 Å². The minimum atomic E-state index is -3.75. The van der Waals surface area contributed by atoms with Crippen LogP contribution in [0.4, 0.5) is 11.4 Å². The molecule has 1 aromatic heterocycles. The quantitative estimate of drug-likeness (QED) is 0.789. The molecule has 0 aliphatic rings. The molecule has 7 heteroatoms. The molecule has 0 bridgehead atoms. The van der Waals surface area contributed by atoms with Gasteiger partial charge in [0.2, 0.25) is 0 Å². The van der Waals surface area contributed by atoms with E-state index in [0.29, 0.717) is 5.69 Å². The molecule has 2 rings (SSSR count). The van der Waals surface area contributed by atoms with E-state index in [1.54, 1.807) is 29.5 Å². The van der Waals surface area contributed by atoms with Gasteiger partial charge in [0.1, 0.15) is 0 Å². The Kier molecular flexibility index (Phi) is 4.55. The number of anilines is 2. The zero-order chi connectivity index (χ0) is 15.6. The van der Waals surface area contributed by atoms with Gasteiger partial charge in [-0.15, -0.1) is 11.3 Å². The van der Waals surface area contributed by atoms with Crippen LogP contribution in [0.15, 0.2) is 30.3 Å². The van der Waals surface area contributed by atoms with Crippen molar-refractivity contribution in [3.63, 3.8) is 0 Å². The highest BCUT2D eigenvalue weighted by Gasteiger charge is 2.11. The lowest BCUT2D eigenvalue weighted by Gasteiger charge is -2.16. The number of nitrogens with one attached hydrogen (secondary N) is 2. The Morgan fingerprint density at radius 1 is 1.19 bits per heavy atom. The first-order valence-corrected chi connectivity index (χ1v) is 8.85. The van der Waals surface area contributed by atoms with E-state index in [9.17, 15) is 8.42 Å². The molecule has 0 saturated carbocycles. The van der Waals surface area contributed by atoms with Gasteiger partial charge in [-0.05, 0) is 50.6 Å². The normalized spacial score (nSPS) is 13.0. The molecular formula is C14H19N3O2S2. The average Bonchev–Trinajstić information content (AvgIpc) is 2.66. The van der Waals surface area contributed by atoms with Crippen molar-refractivity contribution in [2.45, 2.75) is 26.8 Å². The molecule has 0 amide bonds. The minimum Gasteiger partial charge on any atom is -0.378 e. The fourth-order valence-corrected chi connectivity index (χ4v) is 3.72. The molecule has 21 heavy (non-hydrogen) atoms. The zero-order valence-corrected chi connectivity index (χ0v) is 13.8. The second-order valence-corrected chi connectivity index (χ2v) is 7.72. The smallest absolute Gasteiger partial charge is 0.296 e. The third-order valence-electron chi connectivity index (χ3n) is 3.05. The summed E-state index contributed by atoms with van der Waals surface area (Å²) in [6, 6.07) is 9.34. The van der Waals surface area contributed by atoms with Crippen LogP contribution in [0, 0.1) is 13.8 Å². The summed E-state index contributed by atoms with van der Waals surface area (Å²) in [7, 11) is -3.75. The molecule has 114 valence electrons. The number of hydrogen-bond donors (Lipinski definition) is 3. The first-order chi connectivity index (χ1) is 9.74. The molecule has 1 aromatic carbocycles. The number of nitrogens with two attached hydrogens (primary N) is 1. The lowest BCUT2D eigenvalue weighted by Crippen LogP contribution is -2.21. The van der Waals surface area contributed by atoms with Gasteiger partial charge < -0.3 is 5.32 Å². The fraction of sp³-hybridized carbons (Fsp3) is 0.286.